The molecule has 0 aliphatic heterocycles. The van der Waals surface area contributed by atoms with E-state index >= 15 is 0 Å². The van der Waals surface area contributed by atoms with Crippen LogP contribution in [0.4, 0.5) is 4.39 Å². The molecular formula is C16H22ClF. The molecule has 1 fully saturated rings. The summed E-state index contributed by atoms with van der Waals surface area (Å²) in [6.45, 7) is 2.23. The van der Waals surface area contributed by atoms with Gasteiger partial charge in [0.05, 0.1) is 0 Å². The van der Waals surface area contributed by atoms with E-state index in [4.69, 9.17) is 11.6 Å². The maximum Gasteiger partial charge on any atom is 0.126 e. The van der Waals surface area contributed by atoms with Crippen molar-refractivity contribution in [3.63, 3.8) is 0 Å². The second-order valence-corrected chi connectivity index (χ2v) is 6.10. The summed E-state index contributed by atoms with van der Waals surface area (Å²) in [5.41, 5.74) is 0.824. The molecule has 0 spiro atoms. The number of hydrogen-bond acceptors (Lipinski definition) is 0. The highest BCUT2D eigenvalue weighted by molar-refractivity contribution is 6.20. The molecule has 0 heterocycles. The van der Waals surface area contributed by atoms with Gasteiger partial charge >= 0.3 is 0 Å². The van der Waals surface area contributed by atoms with Crippen LogP contribution in [-0.2, 0) is 6.42 Å². The van der Waals surface area contributed by atoms with Gasteiger partial charge in [-0.2, -0.15) is 0 Å². The molecule has 0 bridgehead atoms. The molecule has 0 N–H and O–H groups in total. The molecule has 1 saturated carbocycles. The summed E-state index contributed by atoms with van der Waals surface area (Å²) in [5, 5.41) is 0.220. The van der Waals surface area contributed by atoms with Crippen LogP contribution in [0, 0.1) is 17.7 Å². The van der Waals surface area contributed by atoms with Crippen molar-refractivity contribution in [3.05, 3.63) is 35.6 Å². The monoisotopic (exact) mass is 268 g/mol. The van der Waals surface area contributed by atoms with Gasteiger partial charge in [-0.1, -0.05) is 38.0 Å². The minimum Gasteiger partial charge on any atom is -0.207 e. The van der Waals surface area contributed by atoms with Gasteiger partial charge in [0.25, 0.3) is 0 Å². The zero-order chi connectivity index (χ0) is 13.0. The Labute approximate surface area is 115 Å². The predicted molar refractivity (Wildman–Crippen MR) is 75.5 cm³/mol. The lowest BCUT2D eigenvalue weighted by Crippen LogP contribution is -2.27. The predicted octanol–water partition coefficient (Wildman–Crippen LogP) is 5.19. The van der Waals surface area contributed by atoms with Crippen molar-refractivity contribution < 1.29 is 4.39 Å². The maximum atomic E-state index is 13.7. The fourth-order valence-electron chi connectivity index (χ4n) is 3.15. The summed E-state index contributed by atoms with van der Waals surface area (Å²) in [6, 6.07) is 7.10. The largest absolute Gasteiger partial charge is 0.207 e. The van der Waals surface area contributed by atoms with E-state index < -0.39 is 0 Å². The number of benzene rings is 1. The molecule has 0 radical (unpaired) electrons. The first kappa shape index (κ1) is 13.9. The standard InChI is InChI=1S/C16H22ClF/c1-2-5-12-8-9-15(17)14(10-12)11-13-6-3-4-7-16(13)18/h3-4,6-7,12,14-15H,2,5,8-11H2,1H3. The van der Waals surface area contributed by atoms with Gasteiger partial charge in [0, 0.05) is 5.38 Å². The summed E-state index contributed by atoms with van der Waals surface area (Å²) >= 11 is 6.43. The number of halogens is 2. The second-order valence-electron chi connectivity index (χ2n) is 5.54. The fourth-order valence-corrected chi connectivity index (χ4v) is 3.47. The third-order valence-corrected chi connectivity index (χ3v) is 4.71. The summed E-state index contributed by atoms with van der Waals surface area (Å²) in [6.07, 6.45) is 6.82. The van der Waals surface area contributed by atoms with Crippen molar-refractivity contribution in [1.82, 2.24) is 0 Å². The normalized spacial score (nSPS) is 28.3. The average Bonchev–Trinajstić information content (AvgIpc) is 2.36. The molecule has 1 aromatic carbocycles. The molecule has 1 aliphatic rings. The molecule has 0 amide bonds. The molecule has 1 aromatic rings. The lowest BCUT2D eigenvalue weighted by molar-refractivity contribution is 0.256. The highest BCUT2D eigenvalue weighted by Gasteiger charge is 2.29. The Kier molecular flexibility index (Phi) is 5.05. The SMILES string of the molecule is CCCC1CCC(Cl)C(Cc2ccccc2F)C1. The summed E-state index contributed by atoms with van der Waals surface area (Å²) in [4.78, 5) is 0. The molecule has 100 valence electrons. The zero-order valence-electron chi connectivity index (χ0n) is 11.0. The van der Waals surface area contributed by atoms with Crippen molar-refractivity contribution in [2.75, 3.05) is 0 Å². The van der Waals surface area contributed by atoms with E-state index in [-0.39, 0.29) is 11.2 Å². The molecule has 1 aliphatic carbocycles. The third kappa shape index (κ3) is 3.47. The summed E-state index contributed by atoms with van der Waals surface area (Å²) in [5.74, 6) is 1.15. The number of hydrogen-bond donors (Lipinski definition) is 0. The summed E-state index contributed by atoms with van der Waals surface area (Å²) < 4.78 is 13.7. The van der Waals surface area contributed by atoms with Crippen LogP contribution in [0.15, 0.2) is 24.3 Å². The van der Waals surface area contributed by atoms with Gasteiger partial charge in [0.15, 0.2) is 0 Å². The highest BCUT2D eigenvalue weighted by Crippen LogP contribution is 2.37. The lowest BCUT2D eigenvalue weighted by Gasteiger charge is -2.33. The molecule has 18 heavy (non-hydrogen) atoms. The molecule has 3 atom stereocenters. The Morgan fingerprint density at radius 2 is 2.06 bits per heavy atom. The minimum atomic E-state index is -0.0843. The number of alkyl halides is 1. The van der Waals surface area contributed by atoms with Gasteiger partial charge in [-0.05, 0) is 49.1 Å². The van der Waals surface area contributed by atoms with E-state index in [0.717, 1.165) is 30.7 Å². The smallest absolute Gasteiger partial charge is 0.126 e. The Balaban J connectivity index is 2.00. The highest BCUT2D eigenvalue weighted by atomic mass is 35.5. The molecule has 0 saturated heterocycles. The van der Waals surface area contributed by atoms with Gasteiger partial charge < -0.3 is 0 Å². The quantitative estimate of drug-likeness (QED) is 0.659. The van der Waals surface area contributed by atoms with E-state index in [0.29, 0.717) is 5.92 Å². The van der Waals surface area contributed by atoms with Gasteiger partial charge in [-0.25, -0.2) is 4.39 Å². The number of rotatable bonds is 4. The van der Waals surface area contributed by atoms with E-state index in [9.17, 15) is 4.39 Å². The first-order chi connectivity index (χ1) is 8.70. The minimum absolute atomic E-state index is 0.0843. The van der Waals surface area contributed by atoms with Crippen molar-refractivity contribution in [2.45, 2.75) is 50.8 Å². The van der Waals surface area contributed by atoms with Crippen LogP contribution in [0.3, 0.4) is 0 Å². The van der Waals surface area contributed by atoms with Crippen LogP contribution in [0.1, 0.15) is 44.6 Å². The Hall–Kier alpha value is -0.560. The van der Waals surface area contributed by atoms with E-state index in [2.05, 4.69) is 6.92 Å². The van der Waals surface area contributed by atoms with Crippen LogP contribution in [0.2, 0.25) is 0 Å². The Morgan fingerprint density at radius 1 is 1.28 bits per heavy atom. The molecular weight excluding hydrogens is 247 g/mol. The first-order valence-electron chi connectivity index (χ1n) is 7.08. The van der Waals surface area contributed by atoms with Crippen LogP contribution in [0.5, 0.6) is 0 Å². The van der Waals surface area contributed by atoms with Gasteiger partial charge in [-0.15, -0.1) is 11.6 Å². The zero-order valence-corrected chi connectivity index (χ0v) is 11.8. The molecule has 0 nitrogen and oxygen atoms in total. The van der Waals surface area contributed by atoms with Gasteiger partial charge in [0.2, 0.25) is 0 Å². The third-order valence-electron chi connectivity index (χ3n) is 4.14. The molecule has 2 rings (SSSR count). The van der Waals surface area contributed by atoms with Crippen molar-refractivity contribution in [2.24, 2.45) is 11.8 Å². The molecule has 2 heteroatoms. The average molecular weight is 269 g/mol. The van der Waals surface area contributed by atoms with Crippen LogP contribution < -0.4 is 0 Å². The second kappa shape index (κ2) is 6.56. The Morgan fingerprint density at radius 3 is 2.78 bits per heavy atom. The topological polar surface area (TPSA) is 0 Å². The van der Waals surface area contributed by atoms with Gasteiger partial charge in [-0.3, -0.25) is 0 Å². The maximum absolute atomic E-state index is 13.7. The van der Waals surface area contributed by atoms with Crippen LogP contribution in [0.25, 0.3) is 0 Å². The van der Waals surface area contributed by atoms with Gasteiger partial charge in [0.1, 0.15) is 5.82 Å². The van der Waals surface area contributed by atoms with Crippen molar-refractivity contribution in [3.8, 4) is 0 Å². The molecule has 3 unspecified atom stereocenters. The Bertz CT molecular complexity index is 377. The van der Waals surface area contributed by atoms with Crippen LogP contribution >= 0.6 is 11.6 Å². The first-order valence-corrected chi connectivity index (χ1v) is 7.51. The van der Waals surface area contributed by atoms with Crippen molar-refractivity contribution in [1.29, 1.82) is 0 Å². The summed E-state index contributed by atoms with van der Waals surface area (Å²) in [7, 11) is 0. The van der Waals surface area contributed by atoms with Crippen molar-refractivity contribution >= 4 is 11.6 Å². The van der Waals surface area contributed by atoms with E-state index in [1.807, 2.05) is 12.1 Å². The van der Waals surface area contributed by atoms with E-state index in [1.165, 1.54) is 19.3 Å². The fraction of sp³-hybridized carbons (Fsp3) is 0.625. The van der Waals surface area contributed by atoms with Crippen LogP contribution in [-0.4, -0.2) is 5.38 Å². The van der Waals surface area contributed by atoms with E-state index in [1.54, 1.807) is 12.1 Å². The molecule has 0 aromatic heterocycles. The lowest BCUT2D eigenvalue weighted by atomic mass is 9.76.